The van der Waals surface area contributed by atoms with Gasteiger partial charge in [0, 0.05) is 6.20 Å². The minimum Gasteiger partial charge on any atom is -0.443 e. The SMILES string of the molecule is N#Cc1ccc2c(n1)OC=CN2. The molecule has 0 atom stereocenters. The predicted octanol–water partition coefficient (Wildman–Crippen LogP) is 1.23. The summed E-state index contributed by atoms with van der Waals surface area (Å²) in [4.78, 5) is 3.93. The van der Waals surface area contributed by atoms with Crippen LogP contribution >= 0.6 is 0 Å². The third-order valence-electron chi connectivity index (χ3n) is 1.46. The normalized spacial score (nSPS) is 12.2. The van der Waals surface area contributed by atoms with Crippen LogP contribution in [0.25, 0.3) is 0 Å². The number of pyridine rings is 1. The van der Waals surface area contributed by atoms with E-state index in [0.717, 1.165) is 5.69 Å². The van der Waals surface area contributed by atoms with Crippen LogP contribution in [0.1, 0.15) is 5.69 Å². The summed E-state index contributed by atoms with van der Waals surface area (Å²) in [5.41, 5.74) is 1.13. The maximum Gasteiger partial charge on any atom is 0.243 e. The summed E-state index contributed by atoms with van der Waals surface area (Å²) in [6, 6.07) is 5.32. The van der Waals surface area contributed by atoms with Gasteiger partial charge in [-0.2, -0.15) is 5.26 Å². The molecule has 2 heterocycles. The van der Waals surface area contributed by atoms with Crippen LogP contribution in [0.3, 0.4) is 0 Å². The molecule has 0 aliphatic carbocycles. The lowest BCUT2D eigenvalue weighted by Crippen LogP contribution is -2.01. The molecule has 1 aromatic rings. The molecule has 2 rings (SSSR count). The summed E-state index contributed by atoms with van der Waals surface area (Å²) in [5, 5.41) is 11.5. The molecule has 0 saturated carbocycles. The Morgan fingerprint density at radius 1 is 1.50 bits per heavy atom. The predicted molar refractivity (Wildman–Crippen MR) is 42.3 cm³/mol. The molecule has 0 spiro atoms. The van der Waals surface area contributed by atoms with Crippen molar-refractivity contribution in [3.63, 3.8) is 0 Å². The molecule has 1 N–H and O–H groups in total. The number of anilines is 1. The molecule has 58 valence electrons. The zero-order chi connectivity index (χ0) is 8.39. The standard InChI is InChI=1S/C8H5N3O/c9-5-6-1-2-7-8(11-6)12-4-3-10-7/h1-4,10H. The fourth-order valence-electron chi connectivity index (χ4n) is 0.925. The highest BCUT2D eigenvalue weighted by Gasteiger charge is 2.07. The van der Waals surface area contributed by atoms with E-state index in [0.29, 0.717) is 11.6 Å². The van der Waals surface area contributed by atoms with E-state index < -0.39 is 0 Å². The molecule has 4 nitrogen and oxygen atoms in total. The van der Waals surface area contributed by atoms with Crippen LogP contribution < -0.4 is 10.1 Å². The van der Waals surface area contributed by atoms with Crippen LogP contribution in [0.2, 0.25) is 0 Å². The van der Waals surface area contributed by atoms with Crippen molar-refractivity contribution in [2.75, 3.05) is 5.32 Å². The molecule has 1 aliphatic heterocycles. The smallest absolute Gasteiger partial charge is 0.243 e. The first-order chi connectivity index (χ1) is 5.90. The summed E-state index contributed by atoms with van der Waals surface area (Å²) in [5.74, 6) is 0.441. The highest BCUT2D eigenvalue weighted by molar-refractivity contribution is 5.57. The molecule has 1 aliphatic rings. The number of nitrogens with zero attached hydrogens (tertiary/aromatic N) is 2. The van der Waals surface area contributed by atoms with Crippen molar-refractivity contribution in [2.24, 2.45) is 0 Å². The van der Waals surface area contributed by atoms with E-state index in [9.17, 15) is 0 Å². The lowest BCUT2D eigenvalue weighted by atomic mass is 10.3. The number of rotatable bonds is 0. The minimum atomic E-state index is 0.353. The van der Waals surface area contributed by atoms with Gasteiger partial charge in [0.2, 0.25) is 5.88 Å². The Bertz CT molecular complexity index is 378. The lowest BCUT2D eigenvalue weighted by Gasteiger charge is -2.10. The minimum absolute atomic E-state index is 0.353. The van der Waals surface area contributed by atoms with Crippen molar-refractivity contribution in [3.05, 3.63) is 30.3 Å². The van der Waals surface area contributed by atoms with Crippen molar-refractivity contribution in [1.82, 2.24) is 4.98 Å². The zero-order valence-electron chi connectivity index (χ0n) is 6.11. The zero-order valence-corrected chi connectivity index (χ0v) is 6.11. The maximum atomic E-state index is 8.53. The van der Waals surface area contributed by atoms with Gasteiger partial charge in [0.05, 0.1) is 0 Å². The van der Waals surface area contributed by atoms with E-state index in [1.165, 1.54) is 6.26 Å². The van der Waals surface area contributed by atoms with Crippen LogP contribution in [0.15, 0.2) is 24.6 Å². The molecule has 0 fully saturated rings. The van der Waals surface area contributed by atoms with Crippen LogP contribution in [-0.2, 0) is 0 Å². The first kappa shape index (κ1) is 6.68. The molecular formula is C8H5N3O. The Kier molecular flexibility index (Phi) is 1.42. The quantitative estimate of drug-likeness (QED) is 0.618. The van der Waals surface area contributed by atoms with Gasteiger partial charge in [-0.1, -0.05) is 0 Å². The second-order valence-electron chi connectivity index (χ2n) is 2.23. The number of fused-ring (bicyclic) bond motifs is 1. The van der Waals surface area contributed by atoms with Gasteiger partial charge >= 0.3 is 0 Å². The second kappa shape index (κ2) is 2.55. The van der Waals surface area contributed by atoms with Gasteiger partial charge in [0.1, 0.15) is 23.7 Å². The van der Waals surface area contributed by atoms with E-state index in [2.05, 4.69) is 10.3 Å². The van der Waals surface area contributed by atoms with Crippen LogP contribution in [0, 0.1) is 11.3 Å². The fraction of sp³-hybridized carbons (Fsp3) is 0. The van der Waals surface area contributed by atoms with E-state index in [-0.39, 0.29) is 0 Å². The van der Waals surface area contributed by atoms with Gasteiger partial charge in [-0.15, -0.1) is 0 Å². The number of hydrogen-bond acceptors (Lipinski definition) is 4. The van der Waals surface area contributed by atoms with E-state index in [4.69, 9.17) is 10.00 Å². The highest BCUT2D eigenvalue weighted by Crippen LogP contribution is 2.24. The van der Waals surface area contributed by atoms with Gasteiger partial charge in [-0.3, -0.25) is 0 Å². The Labute approximate surface area is 69.1 Å². The van der Waals surface area contributed by atoms with E-state index in [1.54, 1.807) is 18.3 Å². The Hall–Kier alpha value is -2.02. The third-order valence-corrected chi connectivity index (χ3v) is 1.46. The first-order valence-electron chi connectivity index (χ1n) is 3.39. The van der Waals surface area contributed by atoms with E-state index in [1.807, 2.05) is 6.07 Å². The monoisotopic (exact) mass is 159 g/mol. The lowest BCUT2D eigenvalue weighted by molar-refractivity contribution is 0.457. The van der Waals surface area contributed by atoms with Crippen LogP contribution in [-0.4, -0.2) is 4.98 Å². The Morgan fingerprint density at radius 3 is 3.25 bits per heavy atom. The van der Waals surface area contributed by atoms with Crippen molar-refractivity contribution >= 4 is 5.69 Å². The van der Waals surface area contributed by atoms with Gasteiger partial charge in [-0.05, 0) is 12.1 Å². The molecule has 0 aromatic carbocycles. The average Bonchev–Trinajstić information content (AvgIpc) is 2.17. The second-order valence-corrected chi connectivity index (χ2v) is 2.23. The average molecular weight is 159 g/mol. The number of aromatic nitrogens is 1. The molecule has 1 aromatic heterocycles. The Balaban J connectivity index is 2.48. The van der Waals surface area contributed by atoms with Crippen molar-refractivity contribution in [3.8, 4) is 11.9 Å². The van der Waals surface area contributed by atoms with E-state index >= 15 is 0 Å². The molecule has 0 unspecified atom stereocenters. The molecule has 4 heteroatoms. The highest BCUT2D eigenvalue weighted by atomic mass is 16.5. The summed E-state index contributed by atoms with van der Waals surface area (Å²) >= 11 is 0. The number of hydrogen-bond donors (Lipinski definition) is 1. The van der Waals surface area contributed by atoms with Crippen molar-refractivity contribution in [2.45, 2.75) is 0 Å². The molecule has 0 radical (unpaired) electrons. The first-order valence-corrected chi connectivity index (χ1v) is 3.39. The summed E-state index contributed by atoms with van der Waals surface area (Å²) in [6.45, 7) is 0. The van der Waals surface area contributed by atoms with Crippen molar-refractivity contribution in [1.29, 1.82) is 5.26 Å². The van der Waals surface area contributed by atoms with Crippen LogP contribution in [0.5, 0.6) is 5.88 Å². The third kappa shape index (κ3) is 0.974. The number of ether oxygens (including phenoxy) is 1. The van der Waals surface area contributed by atoms with Gasteiger partial charge in [0.15, 0.2) is 0 Å². The summed E-state index contributed by atoms with van der Waals surface area (Å²) < 4.78 is 5.06. The maximum absolute atomic E-state index is 8.53. The van der Waals surface area contributed by atoms with Gasteiger partial charge in [-0.25, -0.2) is 4.98 Å². The fourth-order valence-corrected chi connectivity index (χ4v) is 0.925. The van der Waals surface area contributed by atoms with Crippen molar-refractivity contribution < 1.29 is 4.74 Å². The summed E-state index contributed by atoms with van der Waals surface area (Å²) in [7, 11) is 0. The van der Waals surface area contributed by atoms with Gasteiger partial charge < -0.3 is 10.1 Å². The summed E-state index contributed by atoms with van der Waals surface area (Å²) in [6.07, 6.45) is 3.15. The number of nitrogens with one attached hydrogen (secondary N) is 1. The molecule has 0 saturated heterocycles. The number of nitriles is 1. The molecule has 0 bridgehead atoms. The van der Waals surface area contributed by atoms with Crippen LogP contribution in [0.4, 0.5) is 5.69 Å². The Morgan fingerprint density at radius 2 is 2.42 bits per heavy atom. The topological polar surface area (TPSA) is 57.9 Å². The molecule has 12 heavy (non-hydrogen) atoms. The molecular weight excluding hydrogens is 154 g/mol. The largest absolute Gasteiger partial charge is 0.443 e. The van der Waals surface area contributed by atoms with Gasteiger partial charge in [0.25, 0.3) is 0 Å². The molecule has 0 amide bonds.